The SMILES string of the molecule is Cl.FC(F)Oc1ccccc1[C@H](c1cccs1)N1CCNCC1. The Hall–Kier alpha value is -1.21. The molecule has 0 radical (unpaired) electrons. The van der Waals surface area contributed by atoms with E-state index in [0.29, 0.717) is 0 Å². The lowest BCUT2D eigenvalue weighted by Crippen LogP contribution is -2.45. The number of nitrogens with zero attached hydrogens (tertiary/aromatic N) is 1. The average Bonchev–Trinajstić information content (AvgIpc) is 3.04. The van der Waals surface area contributed by atoms with Crippen LogP contribution in [0.5, 0.6) is 5.75 Å². The number of alkyl halides is 2. The Morgan fingerprint density at radius 2 is 1.83 bits per heavy atom. The summed E-state index contributed by atoms with van der Waals surface area (Å²) in [7, 11) is 0. The fourth-order valence-electron chi connectivity index (χ4n) is 2.83. The summed E-state index contributed by atoms with van der Waals surface area (Å²) in [5, 5.41) is 5.34. The number of thiophene rings is 1. The molecule has 1 N–H and O–H groups in total. The highest BCUT2D eigenvalue weighted by molar-refractivity contribution is 7.10. The fourth-order valence-corrected chi connectivity index (χ4v) is 3.70. The van der Waals surface area contributed by atoms with Gasteiger partial charge in [-0.3, -0.25) is 4.90 Å². The monoisotopic (exact) mass is 360 g/mol. The van der Waals surface area contributed by atoms with Gasteiger partial charge in [0.1, 0.15) is 5.75 Å². The number of halogens is 3. The summed E-state index contributed by atoms with van der Waals surface area (Å²) in [5.74, 6) is 0.259. The maximum atomic E-state index is 12.7. The van der Waals surface area contributed by atoms with Gasteiger partial charge in [-0.15, -0.1) is 23.7 Å². The summed E-state index contributed by atoms with van der Waals surface area (Å²) in [4.78, 5) is 3.46. The summed E-state index contributed by atoms with van der Waals surface area (Å²) in [6.07, 6.45) is 0. The van der Waals surface area contributed by atoms with E-state index in [1.54, 1.807) is 23.5 Å². The Kier molecular flexibility index (Phi) is 6.77. The van der Waals surface area contributed by atoms with Gasteiger partial charge in [-0.05, 0) is 17.5 Å². The first-order valence-corrected chi connectivity index (χ1v) is 8.15. The Labute approximate surface area is 144 Å². The summed E-state index contributed by atoms with van der Waals surface area (Å²) >= 11 is 1.64. The molecular weight excluding hydrogens is 342 g/mol. The number of piperazine rings is 1. The number of rotatable bonds is 5. The first-order valence-electron chi connectivity index (χ1n) is 7.27. The van der Waals surface area contributed by atoms with Crippen molar-refractivity contribution in [3.63, 3.8) is 0 Å². The van der Waals surface area contributed by atoms with Crippen molar-refractivity contribution in [1.82, 2.24) is 10.2 Å². The van der Waals surface area contributed by atoms with Gasteiger partial charge in [0.2, 0.25) is 0 Å². The normalized spacial score (nSPS) is 16.8. The molecule has 126 valence electrons. The molecule has 0 aliphatic carbocycles. The lowest BCUT2D eigenvalue weighted by atomic mass is 10.0. The second kappa shape index (κ2) is 8.59. The highest BCUT2D eigenvalue weighted by atomic mass is 35.5. The molecule has 7 heteroatoms. The molecule has 3 rings (SSSR count). The van der Waals surface area contributed by atoms with Crippen LogP contribution in [0.3, 0.4) is 0 Å². The zero-order chi connectivity index (χ0) is 15.4. The topological polar surface area (TPSA) is 24.5 Å². The molecule has 1 saturated heterocycles. The molecule has 1 aliphatic rings. The minimum atomic E-state index is -2.81. The lowest BCUT2D eigenvalue weighted by Gasteiger charge is -2.35. The van der Waals surface area contributed by atoms with Crippen molar-refractivity contribution in [2.75, 3.05) is 26.2 Å². The van der Waals surface area contributed by atoms with Crippen molar-refractivity contribution in [3.8, 4) is 5.75 Å². The lowest BCUT2D eigenvalue weighted by molar-refractivity contribution is -0.0510. The Morgan fingerprint density at radius 3 is 2.48 bits per heavy atom. The van der Waals surface area contributed by atoms with E-state index in [1.165, 1.54) is 0 Å². The van der Waals surface area contributed by atoms with Gasteiger partial charge in [-0.25, -0.2) is 0 Å². The molecule has 23 heavy (non-hydrogen) atoms. The predicted octanol–water partition coefficient (Wildman–Crippen LogP) is 3.77. The van der Waals surface area contributed by atoms with E-state index in [4.69, 9.17) is 4.74 Å². The minimum Gasteiger partial charge on any atom is -0.434 e. The second-order valence-electron chi connectivity index (χ2n) is 5.12. The van der Waals surface area contributed by atoms with Gasteiger partial charge < -0.3 is 10.1 Å². The van der Waals surface area contributed by atoms with Crippen LogP contribution >= 0.6 is 23.7 Å². The average molecular weight is 361 g/mol. The molecule has 1 aromatic carbocycles. The summed E-state index contributed by atoms with van der Waals surface area (Å²) in [5.41, 5.74) is 0.798. The van der Waals surface area contributed by atoms with Crippen molar-refractivity contribution >= 4 is 23.7 Å². The van der Waals surface area contributed by atoms with Gasteiger partial charge in [0.15, 0.2) is 0 Å². The van der Waals surface area contributed by atoms with Crippen molar-refractivity contribution in [2.45, 2.75) is 12.7 Å². The van der Waals surface area contributed by atoms with E-state index in [1.807, 2.05) is 23.6 Å². The standard InChI is InChI=1S/C16H18F2N2OS.ClH/c17-16(18)21-13-5-2-1-4-12(13)15(14-6-3-11-22-14)20-9-7-19-8-10-20;/h1-6,11,15-16,19H,7-10H2;1H/t15-;/m1./s1. The molecule has 1 aromatic heterocycles. The molecule has 2 heterocycles. The van der Waals surface area contributed by atoms with Crippen LogP contribution in [-0.4, -0.2) is 37.7 Å². The van der Waals surface area contributed by atoms with Gasteiger partial charge in [-0.2, -0.15) is 8.78 Å². The molecule has 1 fully saturated rings. The Bertz CT molecular complexity index is 592. The largest absolute Gasteiger partial charge is 0.434 e. The number of ether oxygens (including phenoxy) is 1. The molecule has 0 bridgehead atoms. The number of benzene rings is 1. The van der Waals surface area contributed by atoms with E-state index >= 15 is 0 Å². The Balaban J connectivity index is 0.00000192. The van der Waals surface area contributed by atoms with Crippen LogP contribution in [0.15, 0.2) is 41.8 Å². The van der Waals surface area contributed by atoms with E-state index in [2.05, 4.69) is 16.3 Å². The summed E-state index contributed by atoms with van der Waals surface area (Å²) in [6.45, 7) is 0.754. The molecule has 0 saturated carbocycles. The zero-order valence-electron chi connectivity index (χ0n) is 12.5. The van der Waals surface area contributed by atoms with Crippen LogP contribution in [0.1, 0.15) is 16.5 Å². The van der Waals surface area contributed by atoms with E-state index in [-0.39, 0.29) is 24.2 Å². The minimum absolute atomic E-state index is 0. The summed E-state index contributed by atoms with van der Waals surface area (Å²) in [6, 6.07) is 11.1. The molecule has 2 aromatic rings. The molecular formula is C16H19ClF2N2OS. The maximum Gasteiger partial charge on any atom is 0.387 e. The third-order valence-electron chi connectivity index (χ3n) is 3.76. The first-order chi connectivity index (χ1) is 10.8. The maximum absolute atomic E-state index is 12.7. The van der Waals surface area contributed by atoms with E-state index < -0.39 is 6.61 Å². The van der Waals surface area contributed by atoms with Crippen LogP contribution in [0.25, 0.3) is 0 Å². The number of nitrogens with one attached hydrogen (secondary N) is 1. The van der Waals surface area contributed by atoms with E-state index in [0.717, 1.165) is 36.6 Å². The van der Waals surface area contributed by atoms with Gasteiger partial charge in [-0.1, -0.05) is 24.3 Å². The smallest absolute Gasteiger partial charge is 0.387 e. The first kappa shape index (κ1) is 18.1. The molecule has 0 unspecified atom stereocenters. The van der Waals surface area contributed by atoms with Crippen molar-refractivity contribution in [2.24, 2.45) is 0 Å². The zero-order valence-corrected chi connectivity index (χ0v) is 14.1. The van der Waals surface area contributed by atoms with Crippen LogP contribution < -0.4 is 10.1 Å². The van der Waals surface area contributed by atoms with Crippen molar-refractivity contribution in [3.05, 3.63) is 52.2 Å². The van der Waals surface area contributed by atoms with Gasteiger partial charge in [0.05, 0.1) is 6.04 Å². The fraction of sp³-hybridized carbons (Fsp3) is 0.375. The summed E-state index contributed by atoms with van der Waals surface area (Å²) < 4.78 is 30.2. The van der Waals surface area contributed by atoms with Crippen molar-refractivity contribution in [1.29, 1.82) is 0 Å². The van der Waals surface area contributed by atoms with Crippen LogP contribution in [0.4, 0.5) is 8.78 Å². The van der Waals surface area contributed by atoms with Crippen LogP contribution in [0.2, 0.25) is 0 Å². The van der Waals surface area contributed by atoms with Gasteiger partial charge in [0.25, 0.3) is 0 Å². The van der Waals surface area contributed by atoms with Gasteiger partial charge >= 0.3 is 6.61 Å². The molecule has 1 atom stereocenters. The van der Waals surface area contributed by atoms with Crippen molar-refractivity contribution < 1.29 is 13.5 Å². The molecule has 1 aliphatic heterocycles. The van der Waals surface area contributed by atoms with Crippen LogP contribution in [-0.2, 0) is 0 Å². The predicted molar refractivity (Wildman–Crippen MR) is 90.9 cm³/mol. The van der Waals surface area contributed by atoms with E-state index in [9.17, 15) is 8.78 Å². The molecule has 0 amide bonds. The third-order valence-corrected chi connectivity index (χ3v) is 4.68. The van der Waals surface area contributed by atoms with Crippen LogP contribution in [0, 0.1) is 0 Å². The number of para-hydroxylation sites is 1. The highest BCUT2D eigenvalue weighted by Crippen LogP contribution is 2.37. The number of hydrogen-bond donors (Lipinski definition) is 1. The van der Waals surface area contributed by atoms with Gasteiger partial charge in [0, 0.05) is 36.6 Å². The molecule has 0 spiro atoms. The highest BCUT2D eigenvalue weighted by Gasteiger charge is 2.27. The molecule has 3 nitrogen and oxygen atoms in total. The quantitative estimate of drug-likeness (QED) is 0.878. The third kappa shape index (κ3) is 4.41. The number of hydrogen-bond acceptors (Lipinski definition) is 4. The Morgan fingerprint density at radius 1 is 1.09 bits per heavy atom. The second-order valence-corrected chi connectivity index (χ2v) is 6.10.